The summed E-state index contributed by atoms with van der Waals surface area (Å²) in [6, 6.07) is 12.3. The minimum Gasteiger partial charge on any atom is -0.508 e. The van der Waals surface area contributed by atoms with E-state index in [0.29, 0.717) is 5.56 Å². The Bertz CT molecular complexity index is 817. The number of phenolic OH excluding ortho intramolecular Hbond substituents is 2. The van der Waals surface area contributed by atoms with Crippen LogP contribution in [-0.2, 0) is 0 Å². The summed E-state index contributed by atoms with van der Waals surface area (Å²) in [4.78, 5) is 0. The first-order valence-electron chi connectivity index (χ1n) is 6.71. The molecule has 1 unspecified atom stereocenters. The van der Waals surface area contributed by atoms with Crippen molar-refractivity contribution in [3.63, 3.8) is 0 Å². The van der Waals surface area contributed by atoms with Crippen LogP contribution in [0.2, 0.25) is 0 Å². The topological polar surface area (TPSA) is 99.5 Å². The number of allylic oxidation sites excluding steroid dienone is 1. The zero-order valence-electron chi connectivity index (χ0n) is 11.9. The number of hydrogen-bond acceptors (Lipinski definition) is 5. The number of aryl methyl sites for hydroxylation is 1. The van der Waals surface area contributed by atoms with Crippen LogP contribution in [0.4, 0.5) is 0 Å². The Morgan fingerprint density at radius 1 is 1.18 bits per heavy atom. The molecule has 0 amide bonds. The Morgan fingerprint density at radius 3 is 2.50 bits per heavy atom. The molecule has 1 heterocycles. The first-order valence-corrected chi connectivity index (χ1v) is 6.71. The van der Waals surface area contributed by atoms with Crippen LogP contribution >= 0.6 is 0 Å². The molecule has 0 radical (unpaired) electrons. The van der Waals surface area contributed by atoms with E-state index in [1.54, 1.807) is 0 Å². The van der Waals surface area contributed by atoms with Gasteiger partial charge in [-0.25, -0.2) is 0 Å². The second kappa shape index (κ2) is 5.01. The number of ether oxygens (including phenoxy) is 1. The predicted molar refractivity (Wildman–Crippen MR) is 80.2 cm³/mol. The highest BCUT2D eigenvalue weighted by Gasteiger charge is 2.33. The van der Waals surface area contributed by atoms with Crippen molar-refractivity contribution in [2.24, 2.45) is 5.73 Å². The zero-order chi connectivity index (χ0) is 15.9. The number of aromatic hydroxyl groups is 2. The SMILES string of the molecule is Cc1ccc(C2C(C#N)=C(N)Oc3cc(O)cc(O)c32)cc1. The van der Waals surface area contributed by atoms with Crippen LogP contribution in [-0.4, -0.2) is 10.2 Å². The summed E-state index contributed by atoms with van der Waals surface area (Å²) in [5.41, 5.74) is 8.39. The van der Waals surface area contributed by atoms with E-state index >= 15 is 0 Å². The monoisotopic (exact) mass is 294 g/mol. The Kier molecular flexibility index (Phi) is 3.15. The maximum atomic E-state index is 10.2. The summed E-state index contributed by atoms with van der Waals surface area (Å²) in [5.74, 6) is -0.576. The first-order chi connectivity index (χ1) is 10.5. The van der Waals surface area contributed by atoms with Crippen LogP contribution in [0.5, 0.6) is 17.2 Å². The van der Waals surface area contributed by atoms with Gasteiger partial charge in [-0.1, -0.05) is 29.8 Å². The predicted octanol–water partition coefficient (Wildman–Crippen LogP) is 2.62. The van der Waals surface area contributed by atoms with Gasteiger partial charge in [0.1, 0.15) is 28.9 Å². The number of fused-ring (bicyclic) bond motifs is 1. The molecule has 5 heteroatoms. The summed E-state index contributed by atoms with van der Waals surface area (Å²) >= 11 is 0. The van der Waals surface area contributed by atoms with Gasteiger partial charge in [0, 0.05) is 17.7 Å². The highest BCUT2D eigenvalue weighted by Crippen LogP contribution is 2.47. The van der Waals surface area contributed by atoms with Crippen molar-refractivity contribution in [1.82, 2.24) is 0 Å². The summed E-state index contributed by atoms with van der Waals surface area (Å²) in [7, 11) is 0. The first kappa shape index (κ1) is 13.8. The van der Waals surface area contributed by atoms with E-state index in [0.717, 1.165) is 11.1 Å². The van der Waals surface area contributed by atoms with Gasteiger partial charge in [0.2, 0.25) is 5.88 Å². The fourth-order valence-electron chi connectivity index (χ4n) is 2.64. The van der Waals surface area contributed by atoms with Gasteiger partial charge in [0.05, 0.1) is 5.92 Å². The van der Waals surface area contributed by atoms with Crippen LogP contribution in [0.15, 0.2) is 47.9 Å². The van der Waals surface area contributed by atoms with Crippen molar-refractivity contribution >= 4 is 0 Å². The van der Waals surface area contributed by atoms with Crippen molar-refractivity contribution in [3.05, 3.63) is 64.5 Å². The second-order valence-electron chi connectivity index (χ2n) is 5.21. The number of nitrogens with two attached hydrogens (primary N) is 1. The molecule has 0 aliphatic carbocycles. The molecule has 3 rings (SSSR count). The molecule has 0 saturated carbocycles. The number of benzene rings is 2. The summed E-state index contributed by atoms with van der Waals surface area (Å²) in [6.45, 7) is 1.96. The summed E-state index contributed by atoms with van der Waals surface area (Å²) in [5, 5.41) is 29.2. The van der Waals surface area contributed by atoms with Gasteiger partial charge in [-0.3, -0.25) is 0 Å². The minimum absolute atomic E-state index is 0.0226. The van der Waals surface area contributed by atoms with Crippen molar-refractivity contribution in [2.45, 2.75) is 12.8 Å². The maximum Gasteiger partial charge on any atom is 0.205 e. The van der Waals surface area contributed by atoms with Gasteiger partial charge < -0.3 is 20.7 Å². The number of nitrogens with zero attached hydrogens (tertiary/aromatic N) is 1. The smallest absolute Gasteiger partial charge is 0.205 e. The Hall–Kier alpha value is -3.13. The van der Waals surface area contributed by atoms with Gasteiger partial charge in [-0.05, 0) is 12.5 Å². The molecule has 0 bridgehead atoms. The average molecular weight is 294 g/mol. The molecular weight excluding hydrogens is 280 g/mol. The third-order valence-corrected chi connectivity index (χ3v) is 3.70. The summed E-state index contributed by atoms with van der Waals surface area (Å²) in [6.07, 6.45) is 0. The van der Waals surface area contributed by atoms with E-state index in [9.17, 15) is 15.5 Å². The molecule has 22 heavy (non-hydrogen) atoms. The lowest BCUT2D eigenvalue weighted by atomic mass is 9.83. The third-order valence-electron chi connectivity index (χ3n) is 3.70. The fourth-order valence-corrected chi connectivity index (χ4v) is 2.64. The standard InChI is InChI=1S/C17H14N2O3/c1-9-2-4-10(5-3-9)15-12(8-18)17(19)22-14-7-11(20)6-13(21)16(14)15/h2-7,15,20-21H,19H2,1H3. The van der Waals surface area contributed by atoms with E-state index < -0.39 is 5.92 Å². The van der Waals surface area contributed by atoms with Crippen LogP contribution < -0.4 is 10.5 Å². The van der Waals surface area contributed by atoms with Crippen molar-refractivity contribution < 1.29 is 14.9 Å². The van der Waals surface area contributed by atoms with Crippen LogP contribution in [0, 0.1) is 18.3 Å². The van der Waals surface area contributed by atoms with E-state index in [1.165, 1.54) is 12.1 Å². The second-order valence-corrected chi connectivity index (χ2v) is 5.21. The lowest BCUT2D eigenvalue weighted by molar-refractivity contribution is 0.375. The van der Waals surface area contributed by atoms with Crippen molar-refractivity contribution in [1.29, 1.82) is 5.26 Å². The Morgan fingerprint density at radius 2 is 1.86 bits per heavy atom. The van der Waals surface area contributed by atoms with Gasteiger partial charge in [0.15, 0.2) is 0 Å². The molecule has 1 aliphatic rings. The lowest BCUT2D eigenvalue weighted by Crippen LogP contribution is -2.21. The van der Waals surface area contributed by atoms with E-state index in [-0.39, 0.29) is 28.7 Å². The average Bonchev–Trinajstić information content (AvgIpc) is 2.46. The molecule has 1 aliphatic heterocycles. The van der Waals surface area contributed by atoms with E-state index in [4.69, 9.17) is 10.5 Å². The zero-order valence-corrected chi connectivity index (χ0v) is 11.9. The van der Waals surface area contributed by atoms with Gasteiger partial charge >= 0.3 is 0 Å². The molecule has 0 saturated heterocycles. The number of hydrogen-bond donors (Lipinski definition) is 3. The van der Waals surface area contributed by atoms with Crippen molar-refractivity contribution in [2.75, 3.05) is 0 Å². The quantitative estimate of drug-likeness (QED) is 0.750. The lowest BCUT2D eigenvalue weighted by Gasteiger charge is -2.27. The highest BCUT2D eigenvalue weighted by molar-refractivity contribution is 5.62. The van der Waals surface area contributed by atoms with E-state index in [2.05, 4.69) is 6.07 Å². The maximum absolute atomic E-state index is 10.2. The molecule has 5 nitrogen and oxygen atoms in total. The third kappa shape index (κ3) is 2.11. The van der Waals surface area contributed by atoms with Gasteiger partial charge in [-0.2, -0.15) is 5.26 Å². The molecule has 4 N–H and O–H groups in total. The molecule has 2 aromatic rings. The number of phenols is 2. The van der Waals surface area contributed by atoms with Crippen LogP contribution in [0.3, 0.4) is 0 Å². The molecule has 1 atom stereocenters. The summed E-state index contributed by atoms with van der Waals surface area (Å²) < 4.78 is 5.39. The Labute approximate surface area is 127 Å². The van der Waals surface area contributed by atoms with Crippen molar-refractivity contribution in [3.8, 4) is 23.3 Å². The normalized spacial score (nSPS) is 16.6. The largest absolute Gasteiger partial charge is 0.508 e. The number of rotatable bonds is 1. The van der Waals surface area contributed by atoms with E-state index in [1.807, 2.05) is 31.2 Å². The molecular formula is C17H14N2O3. The molecule has 0 spiro atoms. The highest BCUT2D eigenvalue weighted by atomic mass is 16.5. The fraction of sp³-hybridized carbons (Fsp3) is 0.118. The molecule has 0 aromatic heterocycles. The van der Waals surface area contributed by atoms with Gasteiger partial charge in [0.25, 0.3) is 0 Å². The molecule has 0 fully saturated rings. The van der Waals surface area contributed by atoms with Crippen LogP contribution in [0.1, 0.15) is 22.6 Å². The molecule has 2 aromatic carbocycles. The van der Waals surface area contributed by atoms with Gasteiger partial charge in [-0.15, -0.1) is 0 Å². The molecule has 110 valence electrons. The van der Waals surface area contributed by atoms with Crippen LogP contribution in [0.25, 0.3) is 0 Å². The Balaban J connectivity index is 2.27. The number of nitriles is 1. The minimum atomic E-state index is -0.532.